The van der Waals surface area contributed by atoms with Crippen LogP contribution in [0.1, 0.15) is 10.4 Å². The van der Waals surface area contributed by atoms with Gasteiger partial charge in [0.2, 0.25) is 0 Å². The van der Waals surface area contributed by atoms with Gasteiger partial charge in [0, 0.05) is 29.2 Å². The van der Waals surface area contributed by atoms with Gasteiger partial charge in [-0.25, -0.2) is 13.2 Å². The standard InChI is InChI=1S/C24H15N3O8S2/c1-34-20-9-8-15(11-19(20)27(30)31)37(32,33)26(23(28)14-5-4-10-25-13-14)18-12-21-22(35-24(29)36-21)17-7-3-2-6-16(17)18/h2-13H,1H3. The van der Waals surface area contributed by atoms with Gasteiger partial charge in [0.05, 0.1) is 32.9 Å². The van der Waals surface area contributed by atoms with E-state index in [9.17, 15) is 28.1 Å². The summed E-state index contributed by atoms with van der Waals surface area (Å²) in [5.74, 6) is -1.10. The van der Waals surface area contributed by atoms with Crippen LogP contribution in [-0.4, -0.2) is 31.3 Å². The van der Waals surface area contributed by atoms with Crippen molar-refractivity contribution in [1.29, 1.82) is 0 Å². The number of benzene rings is 3. The third-order valence-electron chi connectivity index (χ3n) is 5.51. The van der Waals surface area contributed by atoms with Gasteiger partial charge in [-0.3, -0.25) is 19.9 Å². The number of nitrogens with zero attached hydrogens (tertiary/aromatic N) is 3. The molecule has 0 aliphatic carbocycles. The molecule has 11 nitrogen and oxygen atoms in total. The first-order valence-electron chi connectivity index (χ1n) is 10.5. The van der Waals surface area contributed by atoms with Crippen molar-refractivity contribution in [3.63, 3.8) is 0 Å². The van der Waals surface area contributed by atoms with Gasteiger partial charge in [-0.05, 0) is 30.3 Å². The molecule has 0 aliphatic heterocycles. The van der Waals surface area contributed by atoms with Crippen LogP contribution >= 0.6 is 11.3 Å². The molecular weight excluding hydrogens is 522 g/mol. The SMILES string of the molecule is COc1ccc(S(=O)(=O)N(C(=O)c2cccnc2)c2cc3sc(=O)oc3c3ccccc23)cc1[N+](=O)[O-]. The number of carbonyl (C=O) groups excluding carboxylic acids is 1. The van der Waals surface area contributed by atoms with Gasteiger partial charge in [-0.1, -0.05) is 35.6 Å². The lowest BCUT2D eigenvalue weighted by molar-refractivity contribution is -0.386. The fourth-order valence-corrected chi connectivity index (χ4v) is 6.05. The Hall–Kier alpha value is -4.62. The highest BCUT2D eigenvalue weighted by molar-refractivity contribution is 7.93. The second-order valence-electron chi connectivity index (χ2n) is 7.63. The number of aromatic nitrogens is 1. The predicted octanol–water partition coefficient (Wildman–Crippen LogP) is 4.36. The normalized spacial score (nSPS) is 11.5. The van der Waals surface area contributed by atoms with Crippen LogP contribution in [0.2, 0.25) is 0 Å². The average Bonchev–Trinajstić information content (AvgIpc) is 3.29. The second-order valence-corrected chi connectivity index (χ2v) is 10.4. The Morgan fingerprint density at radius 3 is 2.54 bits per heavy atom. The van der Waals surface area contributed by atoms with E-state index in [1.807, 2.05) is 0 Å². The van der Waals surface area contributed by atoms with E-state index in [0.29, 0.717) is 19.8 Å². The molecule has 0 unspecified atom stereocenters. The lowest BCUT2D eigenvalue weighted by atomic mass is 10.1. The zero-order valence-electron chi connectivity index (χ0n) is 18.9. The number of pyridine rings is 1. The monoisotopic (exact) mass is 537 g/mol. The molecular formula is C24H15N3O8S2. The van der Waals surface area contributed by atoms with Crippen LogP contribution in [0.5, 0.6) is 5.75 Å². The molecule has 1 amide bonds. The topological polar surface area (TPSA) is 150 Å². The number of carbonyl (C=O) groups is 1. The molecule has 186 valence electrons. The van der Waals surface area contributed by atoms with Gasteiger partial charge < -0.3 is 9.15 Å². The zero-order chi connectivity index (χ0) is 26.3. The van der Waals surface area contributed by atoms with Crippen LogP contribution < -0.4 is 14.0 Å². The summed E-state index contributed by atoms with van der Waals surface area (Å²) in [6, 6.07) is 13.8. The first-order valence-corrected chi connectivity index (χ1v) is 12.8. The molecule has 0 aliphatic rings. The fraction of sp³-hybridized carbons (Fsp3) is 0.0417. The Balaban J connectivity index is 1.84. The van der Waals surface area contributed by atoms with Crippen molar-refractivity contribution in [2.45, 2.75) is 4.90 Å². The van der Waals surface area contributed by atoms with Gasteiger partial charge in [0.25, 0.3) is 15.9 Å². The lowest BCUT2D eigenvalue weighted by Gasteiger charge is -2.24. The Morgan fingerprint density at radius 2 is 1.86 bits per heavy atom. The zero-order valence-corrected chi connectivity index (χ0v) is 20.5. The maximum absolute atomic E-state index is 14.0. The third-order valence-corrected chi connectivity index (χ3v) is 7.98. The number of hydrogen-bond acceptors (Lipinski definition) is 10. The van der Waals surface area contributed by atoms with Crippen molar-refractivity contribution in [3.05, 3.63) is 98.5 Å². The number of sulfonamides is 1. The van der Waals surface area contributed by atoms with Crippen LogP contribution in [0.25, 0.3) is 21.1 Å². The summed E-state index contributed by atoms with van der Waals surface area (Å²) in [7, 11) is -3.53. The number of rotatable bonds is 6. The molecule has 5 rings (SSSR count). The molecule has 3 aromatic carbocycles. The lowest BCUT2D eigenvalue weighted by Crippen LogP contribution is -2.37. The van der Waals surface area contributed by atoms with Crippen molar-refractivity contribution in [3.8, 4) is 5.75 Å². The van der Waals surface area contributed by atoms with Crippen LogP contribution in [0.3, 0.4) is 0 Å². The number of nitro benzene ring substituents is 1. The molecule has 0 N–H and O–H groups in total. The number of methoxy groups -OCH3 is 1. The van der Waals surface area contributed by atoms with Crippen LogP contribution in [-0.2, 0) is 10.0 Å². The third kappa shape index (κ3) is 4.09. The molecule has 0 radical (unpaired) electrons. The minimum Gasteiger partial charge on any atom is -0.490 e. The molecule has 0 saturated heterocycles. The molecule has 2 aromatic heterocycles. The molecule has 0 saturated carbocycles. The van der Waals surface area contributed by atoms with E-state index in [4.69, 9.17) is 9.15 Å². The van der Waals surface area contributed by atoms with Crippen molar-refractivity contribution < 1.29 is 27.3 Å². The first-order chi connectivity index (χ1) is 17.7. The smallest absolute Gasteiger partial charge is 0.396 e. The number of anilines is 1. The Bertz CT molecular complexity index is 1860. The Kier molecular flexibility index (Phi) is 5.93. The van der Waals surface area contributed by atoms with E-state index in [-0.39, 0.29) is 22.6 Å². The summed E-state index contributed by atoms with van der Waals surface area (Å²) in [5.41, 5.74) is -0.447. The highest BCUT2D eigenvalue weighted by Crippen LogP contribution is 2.39. The van der Waals surface area contributed by atoms with Gasteiger partial charge in [0.15, 0.2) is 11.3 Å². The van der Waals surface area contributed by atoms with Gasteiger partial charge in [-0.2, -0.15) is 4.31 Å². The molecule has 0 spiro atoms. The summed E-state index contributed by atoms with van der Waals surface area (Å²) < 4.78 is 39.3. The van der Waals surface area contributed by atoms with E-state index < -0.39 is 36.4 Å². The quantitative estimate of drug-likeness (QED) is 0.227. The average molecular weight is 538 g/mol. The summed E-state index contributed by atoms with van der Waals surface area (Å²) in [6.07, 6.45) is 2.63. The van der Waals surface area contributed by atoms with Crippen molar-refractivity contribution in [2.75, 3.05) is 11.4 Å². The van der Waals surface area contributed by atoms with E-state index in [2.05, 4.69) is 4.98 Å². The molecule has 13 heteroatoms. The highest BCUT2D eigenvalue weighted by Gasteiger charge is 2.35. The van der Waals surface area contributed by atoms with Crippen LogP contribution in [0, 0.1) is 10.1 Å². The molecule has 0 fully saturated rings. The van der Waals surface area contributed by atoms with Crippen molar-refractivity contribution in [2.24, 2.45) is 0 Å². The summed E-state index contributed by atoms with van der Waals surface area (Å²) in [6.45, 7) is 0. The van der Waals surface area contributed by atoms with Crippen LogP contribution in [0.15, 0.2) is 87.2 Å². The first kappa shape index (κ1) is 24.1. The van der Waals surface area contributed by atoms with Crippen LogP contribution in [0.4, 0.5) is 11.4 Å². The predicted molar refractivity (Wildman–Crippen MR) is 136 cm³/mol. The Labute approximate surface area is 212 Å². The minimum atomic E-state index is -4.74. The fourth-order valence-electron chi connectivity index (χ4n) is 3.88. The summed E-state index contributed by atoms with van der Waals surface area (Å²) >= 11 is 0.751. The molecule has 37 heavy (non-hydrogen) atoms. The Morgan fingerprint density at radius 1 is 1.11 bits per heavy atom. The van der Waals surface area contributed by atoms with Gasteiger partial charge >= 0.3 is 10.6 Å². The summed E-state index contributed by atoms with van der Waals surface area (Å²) in [5, 5.41) is 12.3. The number of hydrogen-bond donors (Lipinski definition) is 0. The number of ether oxygens (including phenoxy) is 1. The summed E-state index contributed by atoms with van der Waals surface area (Å²) in [4.78, 5) is 39.4. The van der Waals surface area contributed by atoms with E-state index in [1.54, 1.807) is 24.3 Å². The van der Waals surface area contributed by atoms with E-state index in [1.165, 1.54) is 37.7 Å². The maximum Gasteiger partial charge on any atom is 0.396 e. The highest BCUT2D eigenvalue weighted by atomic mass is 32.2. The van der Waals surface area contributed by atoms with Crippen molar-refractivity contribution >= 4 is 59.7 Å². The van der Waals surface area contributed by atoms with E-state index >= 15 is 0 Å². The minimum absolute atomic E-state index is 0.0429. The largest absolute Gasteiger partial charge is 0.490 e. The molecule has 2 heterocycles. The second kappa shape index (κ2) is 9.11. The molecule has 0 bridgehead atoms. The van der Waals surface area contributed by atoms with Crippen molar-refractivity contribution in [1.82, 2.24) is 4.98 Å². The van der Waals surface area contributed by atoms with Gasteiger partial charge in [0.1, 0.15) is 0 Å². The molecule has 5 aromatic rings. The number of fused-ring (bicyclic) bond motifs is 3. The number of amides is 1. The number of nitro groups is 1. The van der Waals surface area contributed by atoms with Gasteiger partial charge in [-0.15, -0.1) is 0 Å². The van der Waals surface area contributed by atoms with E-state index in [0.717, 1.165) is 29.5 Å². The molecule has 0 atom stereocenters. The maximum atomic E-state index is 14.0.